The first kappa shape index (κ1) is 14.6. The lowest BCUT2D eigenvalue weighted by molar-refractivity contribution is 0.262. The topological polar surface area (TPSA) is 75.5 Å². The van der Waals surface area contributed by atoms with Crippen molar-refractivity contribution in [3.63, 3.8) is 0 Å². The average Bonchev–Trinajstić information content (AvgIpc) is 2.97. The first-order chi connectivity index (χ1) is 10.5. The van der Waals surface area contributed by atoms with E-state index in [2.05, 4.69) is 15.6 Å². The zero-order valence-electron chi connectivity index (χ0n) is 11.5. The number of aryl methyl sites for hydroxylation is 1. The van der Waals surface area contributed by atoms with E-state index in [0.717, 1.165) is 0 Å². The Kier molecular flexibility index (Phi) is 3.82. The fraction of sp³-hybridized carbons (Fsp3) is 0.0714. The molecule has 3 aromatic rings. The van der Waals surface area contributed by atoms with Crippen LogP contribution < -0.4 is 16.2 Å². The Morgan fingerprint density at radius 2 is 2.14 bits per heavy atom. The van der Waals surface area contributed by atoms with Crippen molar-refractivity contribution < 1.29 is 4.79 Å². The van der Waals surface area contributed by atoms with E-state index >= 15 is 0 Å². The van der Waals surface area contributed by atoms with E-state index in [4.69, 9.17) is 11.6 Å². The van der Waals surface area contributed by atoms with Crippen molar-refractivity contribution in [1.82, 2.24) is 9.38 Å². The highest BCUT2D eigenvalue weighted by Crippen LogP contribution is 2.16. The van der Waals surface area contributed by atoms with Crippen LogP contribution in [0.25, 0.3) is 5.65 Å². The van der Waals surface area contributed by atoms with Crippen molar-refractivity contribution in [3.05, 3.63) is 56.9 Å². The smallest absolute Gasteiger partial charge is 0.301 e. The second kappa shape index (κ2) is 5.78. The molecule has 0 aliphatic rings. The van der Waals surface area contributed by atoms with Crippen molar-refractivity contribution in [3.8, 4) is 0 Å². The van der Waals surface area contributed by atoms with Crippen LogP contribution in [-0.2, 0) is 0 Å². The molecule has 3 heterocycles. The minimum Gasteiger partial charge on any atom is -0.301 e. The van der Waals surface area contributed by atoms with Crippen LogP contribution in [-0.4, -0.2) is 15.4 Å². The Labute approximate surface area is 134 Å². The highest BCUT2D eigenvalue weighted by atomic mass is 35.5. The molecule has 0 aliphatic heterocycles. The SMILES string of the molecule is Cc1nc2ccc(Cl)cn2c(=O)c1NC(=O)Nc1cccs1. The maximum absolute atomic E-state index is 12.5. The second-order valence-corrected chi connectivity index (χ2v) is 5.89. The van der Waals surface area contributed by atoms with Crippen LogP contribution in [0.1, 0.15) is 5.69 Å². The highest BCUT2D eigenvalue weighted by Gasteiger charge is 2.13. The van der Waals surface area contributed by atoms with Gasteiger partial charge < -0.3 is 5.32 Å². The number of amides is 2. The number of hydrogen-bond donors (Lipinski definition) is 2. The summed E-state index contributed by atoms with van der Waals surface area (Å²) in [4.78, 5) is 28.7. The Hall–Kier alpha value is -2.38. The van der Waals surface area contributed by atoms with Gasteiger partial charge in [-0.1, -0.05) is 11.6 Å². The normalized spacial score (nSPS) is 10.6. The predicted molar refractivity (Wildman–Crippen MR) is 88.2 cm³/mol. The number of thiophene rings is 1. The quantitative estimate of drug-likeness (QED) is 0.754. The Balaban J connectivity index is 1.96. The summed E-state index contributed by atoms with van der Waals surface area (Å²) in [5.41, 5.74) is 0.643. The molecule has 2 amide bonds. The van der Waals surface area contributed by atoms with Gasteiger partial charge in [0.05, 0.1) is 15.7 Å². The van der Waals surface area contributed by atoms with E-state index < -0.39 is 6.03 Å². The van der Waals surface area contributed by atoms with Gasteiger partial charge in [0, 0.05) is 6.20 Å². The van der Waals surface area contributed by atoms with Crippen molar-refractivity contribution in [2.24, 2.45) is 0 Å². The highest BCUT2D eigenvalue weighted by molar-refractivity contribution is 7.14. The van der Waals surface area contributed by atoms with Gasteiger partial charge in [-0.25, -0.2) is 9.78 Å². The lowest BCUT2D eigenvalue weighted by Gasteiger charge is -2.10. The van der Waals surface area contributed by atoms with Gasteiger partial charge in [-0.05, 0) is 36.6 Å². The molecule has 0 saturated heterocycles. The molecular weight excluding hydrogens is 324 g/mol. The van der Waals surface area contributed by atoms with E-state index in [1.807, 2.05) is 11.4 Å². The summed E-state index contributed by atoms with van der Waals surface area (Å²) in [5.74, 6) is 0. The summed E-state index contributed by atoms with van der Waals surface area (Å²) in [7, 11) is 0. The zero-order chi connectivity index (χ0) is 15.7. The molecule has 112 valence electrons. The maximum Gasteiger partial charge on any atom is 0.324 e. The van der Waals surface area contributed by atoms with Gasteiger partial charge in [-0.3, -0.25) is 14.5 Å². The van der Waals surface area contributed by atoms with Crippen LogP contribution in [0.2, 0.25) is 5.02 Å². The summed E-state index contributed by atoms with van der Waals surface area (Å²) < 4.78 is 1.30. The lowest BCUT2D eigenvalue weighted by atomic mass is 10.3. The molecule has 0 aliphatic carbocycles. The van der Waals surface area contributed by atoms with Gasteiger partial charge in [0.15, 0.2) is 0 Å². The molecule has 3 rings (SSSR count). The lowest BCUT2D eigenvalue weighted by Crippen LogP contribution is -2.27. The molecule has 0 aromatic carbocycles. The standard InChI is InChI=1S/C14H11ClN4O2S/c1-8-12(18-14(21)17-11-3-2-6-22-11)13(20)19-7-9(15)4-5-10(19)16-8/h2-7H,1H3,(H2,17,18,21). The number of nitrogens with zero attached hydrogens (tertiary/aromatic N) is 2. The minimum atomic E-state index is -0.494. The number of pyridine rings is 1. The summed E-state index contributed by atoms with van der Waals surface area (Å²) in [6.07, 6.45) is 1.47. The van der Waals surface area contributed by atoms with E-state index in [0.29, 0.717) is 21.4 Å². The molecule has 2 N–H and O–H groups in total. The number of nitrogens with one attached hydrogen (secondary N) is 2. The maximum atomic E-state index is 12.5. The fourth-order valence-corrected chi connectivity index (χ4v) is 2.75. The number of aromatic nitrogens is 2. The summed E-state index contributed by atoms with van der Waals surface area (Å²) in [6.45, 7) is 1.66. The number of fused-ring (bicyclic) bond motifs is 1. The largest absolute Gasteiger partial charge is 0.324 e. The summed E-state index contributed by atoms with van der Waals surface area (Å²) >= 11 is 7.28. The van der Waals surface area contributed by atoms with Gasteiger partial charge in [0.2, 0.25) is 0 Å². The number of halogens is 1. The van der Waals surface area contributed by atoms with Crippen LogP contribution >= 0.6 is 22.9 Å². The third kappa shape index (κ3) is 2.81. The summed E-state index contributed by atoms with van der Waals surface area (Å²) in [6, 6.07) is 6.39. The van der Waals surface area contributed by atoms with Gasteiger partial charge in [-0.2, -0.15) is 0 Å². The predicted octanol–water partition coefficient (Wildman–Crippen LogP) is 3.36. The molecule has 0 saturated carbocycles. The van der Waals surface area contributed by atoms with Gasteiger partial charge >= 0.3 is 6.03 Å². The van der Waals surface area contributed by atoms with Crippen molar-refractivity contribution >= 4 is 45.3 Å². The molecule has 0 atom stereocenters. The van der Waals surface area contributed by atoms with E-state index in [-0.39, 0.29) is 11.2 Å². The van der Waals surface area contributed by atoms with Crippen LogP contribution in [0.5, 0.6) is 0 Å². The number of carbonyl (C=O) groups is 1. The van der Waals surface area contributed by atoms with E-state index in [1.165, 1.54) is 21.9 Å². The van der Waals surface area contributed by atoms with Crippen LogP contribution in [0.3, 0.4) is 0 Å². The number of carbonyl (C=O) groups excluding carboxylic acids is 1. The Morgan fingerprint density at radius 3 is 2.86 bits per heavy atom. The molecule has 0 radical (unpaired) electrons. The minimum absolute atomic E-state index is 0.119. The molecule has 0 bridgehead atoms. The molecule has 0 spiro atoms. The van der Waals surface area contributed by atoms with Gasteiger partial charge in [-0.15, -0.1) is 11.3 Å². The molecule has 0 fully saturated rings. The first-order valence-electron chi connectivity index (χ1n) is 6.34. The summed E-state index contributed by atoms with van der Waals surface area (Å²) in [5, 5.41) is 8.14. The number of urea groups is 1. The third-order valence-electron chi connectivity index (χ3n) is 2.96. The molecule has 3 aromatic heterocycles. The van der Waals surface area contributed by atoms with E-state index in [1.54, 1.807) is 25.1 Å². The van der Waals surface area contributed by atoms with Gasteiger partial charge in [0.1, 0.15) is 11.3 Å². The Morgan fingerprint density at radius 1 is 1.32 bits per heavy atom. The number of rotatable bonds is 2. The number of anilines is 2. The third-order valence-corrected chi connectivity index (χ3v) is 3.97. The molecule has 22 heavy (non-hydrogen) atoms. The van der Waals surface area contributed by atoms with Crippen LogP contribution in [0, 0.1) is 6.92 Å². The fourth-order valence-electron chi connectivity index (χ4n) is 1.97. The Bertz CT molecular complexity index is 905. The van der Waals surface area contributed by atoms with Crippen molar-refractivity contribution in [1.29, 1.82) is 0 Å². The van der Waals surface area contributed by atoms with E-state index in [9.17, 15) is 9.59 Å². The van der Waals surface area contributed by atoms with Crippen molar-refractivity contribution in [2.75, 3.05) is 10.6 Å². The first-order valence-corrected chi connectivity index (χ1v) is 7.60. The van der Waals surface area contributed by atoms with Crippen molar-refractivity contribution in [2.45, 2.75) is 6.92 Å². The second-order valence-electron chi connectivity index (χ2n) is 4.51. The average molecular weight is 335 g/mol. The zero-order valence-corrected chi connectivity index (χ0v) is 13.0. The monoisotopic (exact) mass is 334 g/mol. The van der Waals surface area contributed by atoms with Gasteiger partial charge in [0.25, 0.3) is 5.56 Å². The van der Waals surface area contributed by atoms with Crippen LogP contribution in [0.4, 0.5) is 15.5 Å². The molecular formula is C14H11ClN4O2S. The number of hydrogen-bond acceptors (Lipinski definition) is 4. The van der Waals surface area contributed by atoms with Crippen LogP contribution in [0.15, 0.2) is 40.6 Å². The molecule has 8 heteroatoms. The molecule has 6 nitrogen and oxygen atoms in total. The molecule has 0 unspecified atom stereocenters.